The van der Waals surface area contributed by atoms with Crippen molar-refractivity contribution in [1.29, 1.82) is 0 Å². The molecule has 1 aromatic carbocycles. The van der Waals surface area contributed by atoms with Gasteiger partial charge in [-0.1, -0.05) is 30.3 Å². The molecule has 1 rings (SSSR count). The molecule has 0 aliphatic rings. The monoisotopic (exact) mass is 244 g/mol. The fraction of sp³-hybridized carbons (Fsp3) is 0.200. The van der Waals surface area contributed by atoms with Crippen LogP contribution in [0.3, 0.4) is 0 Å². The van der Waals surface area contributed by atoms with Crippen molar-refractivity contribution in [2.45, 2.75) is 12.8 Å². The van der Waals surface area contributed by atoms with Crippen LogP contribution in [0.2, 0.25) is 0 Å². The molecule has 0 atom stereocenters. The van der Waals surface area contributed by atoms with E-state index < -0.39 is 17.9 Å². The topological polar surface area (TPSA) is 62.7 Å². The predicted octanol–water partition coefficient (Wildman–Crippen LogP) is 1.96. The molecule has 0 unspecified atom stereocenters. The standard InChI is InChI=1S/C10H7F3N2O2/c11-10(12,13)8(15-14)9(16)17-6-7-4-2-1-3-5-7/h1-5H,6H2. The van der Waals surface area contributed by atoms with Crippen molar-refractivity contribution in [3.8, 4) is 0 Å². The highest BCUT2D eigenvalue weighted by atomic mass is 19.4. The van der Waals surface area contributed by atoms with Gasteiger partial charge in [0, 0.05) is 0 Å². The Morgan fingerprint density at radius 3 is 2.35 bits per heavy atom. The van der Waals surface area contributed by atoms with Gasteiger partial charge in [0.25, 0.3) is 0 Å². The van der Waals surface area contributed by atoms with Crippen LogP contribution >= 0.6 is 0 Å². The summed E-state index contributed by atoms with van der Waals surface area (Å²) in [6.07, 6.45) is -5.04. The summed E-state index contributed by atoms with van der Waals surface area (Å²) in [7, 11) is 0. The highest BCUT2D eigenvalue weighted by molar-refractivity contribution is 6.36. The highest BCUT2D eigenvalue weighted by Crippen LogP contribution is 2.17. The van der Waals surface area contributed by atoms with Crippen LogP contribution in [-0.4, -0.2) is 22.6 Å². The Labute approximate surface area is 94.2 Å². The maximum absolute atomic E-state index is 12.1. The van der Waals surface area contributed by atoms with E-state index in [0.29, 0.717) is 5.56 Å². The first-order valence-corrected chi connectivity index (χ1v) is 4.45. The smallest absolute Gasteiger partial charge is 0.452 e. The molecule has 0 saturated carbocycles. The second-order valence-electron chi connectivity index (χ2n) is 3.01. The Kier molecular flexibility index (Phi) is 4.01. The number of hydrogen-bond acceptors (Lipinski definition) is 2. The average Bonchev–Trinajstić information content (AvgIpc) is 2.27. The van der Waals surface area contributed by atoms with Crippen molar-refractivity contribution in [1.82, 2.24) is 0 Å². The van der Waals surface area contributed by atoms with Gasteiger partial charge in [-0.05, 0) is 5.56 Å². The van der Waals surface area contributed by atoms with Crippen LogP contribution in [0.1, 0.15) is 5.56 Å². The third kappa shape index (κ3) is 3.73. The molecular weight excluding hydrogens is 237 g/mol. The van der Waals surface area contributed by atoms with E-state index in [4.69, 9.17) is 5.53 Å². The van der Waals surface area contributed by atoms with Gasteiger partial charge in [-0.2, -0.15) is 18.0 Å². The molecule has 0 radical (unpaired) electrons. The maximum Gasteiger partial charge on any atom is 0.503 e. The molecule has 7 heteroatoms. The summed E-state index contributed by atoms with van der Waals surface area (Å²) in [5.41, 5.74) is 6.65. The Hall–Kier alpha value is -2.14. The summed E-state index contributed by atoms with van der Waals surface area (Å²) < 4.78 is 40.7. The zero-order valence-electron chi connectivity index (χ0n) is 8.44. The molecule has 0 amide bonds. The SMILES string of the molecule is [N-]=[N+]=C(C(=O)OCc1ccccc1)C(F)(F)F. The van der Waals surface area contributed by atoms with Crippen LogP contribution in [-0.2, 0) is 16.1 Å². The molecule has 0 aliphatic carbocycles. The zero-order valence-corrected chi connectivity index (χ0v) is 8.44. The number of halogens is 3. The van der Waals surface area contributed by atoms with Crippen molar-refractivity contribution in [3.05, 3.63) is 41.4 Å². The minimum Gasteiger partial charge on any atom is -0.452 e. The number of esters is 1. The molecular formula is C10H7F3N2O2. The summed E-state index contributed by atoms with van der Waals surface area (Å²) >= 11 is 0. The lowest BCUT2D eigenvalue weighted by atomic mass is 10.2. The normalized spacial score (nSPS) is 10.5. The summed E-state index contributed by atoms with van der Waals surface area (Å²) in [5, 5.41) is 0. The quantitative estimate of drug-likeness (QED) is 0.353. The Bertz CT molecular complexity index is 450. The second kappa shape index (κ2) is 5.27. The largest absolute Gasteiger partial charge is 0.503 e. The maximum atomic E-state index is 12.1. The first-order valence-electron chi connectivity index (χ1n) is 4.45. The van der Waals surface area contributed by atoms with Crippen LogP contribution < -0.4 is 0 Å². The molecule has 0 bridgehead atoms. The Morgan fingerprint density at radius 1 is 1.29 bits per heavy atom. The molecule has 0 heterocycles. The van der Waals surface area contributed by atoms with Gasteiger partial charge in [0.15, 0.2) is 0 Å². The van der Waals surface area contributed by atoms with Gasteiger partial charge < -0.3 is 10.3 Å². The Balaban J connectivity index is 2.65. The van der Waals surface area contributed by atoms with Gasteiger partial charge in [0.1, 0.15) is 6.61 Å². The zero-order chi connectivity index (χ0) is 12.9. The number of benzene rings is 1. The van der Waals surface area contributed by atoms with Gasteiger partial charge in [-0.15, -0.1) is 0 Å². The third-order valence-corrected chi connectivity index (χ3v) is 1.77. The fourth-order valence-electron chi connectivity index (χ4n) is 1.00. The van der Waals surface area contributed by atoms with E-state index >= 15 is 0 Å². The number of carbonyl (C=O) groups excluding carboxylic acids is 1. The van der Waals surface area contributed by atoms with Crippen LogP contribution in [0.25, 0.3) is 5.53 Å². The van der Waals surface area contributed by atoms with Crippen molar-refractivity contribution >= 4 is 11.7 Å². The summed E-state index contributed by atoms with van der Waals surface area (Å²) in [4.78, 5) is 12.8. The number of ether oxygens (including phenoxy) is 1. The van der Waals surface area contributed by atoms with Crippen molar-refractivity contribution in [2.75, 3.05) is 0 Å². The first kappa shape index (κ1) is 12.9. The van der Waals surface area contributed by atoms with E-state index in [-0.39, 0.29) is 6.61 Å². The van der Waals surface area contributed by atoms with Crippen LogP contribution in [0.15, 0.2) is 30.3 Å². The molecule has 0 spiro atoms. The van der Waals surface area contributed by atoms with Crippen molar-refractivity contribution < 1.29 is 27.5 Å². The van der Waals surface area contributed by atoms with Crippen LogP contribution in [0.4, 0.5) is 13.2 Å². The van der Waals surface area contributed by atoms with Crippen LogP contribution in [0, 0.1) is 0 Å². The van der Waals surface area contributed by atoms with E-state index in [0.717, 1.165) is 0 Å². The molecule has 0 saturated heterocycles. The lowest BCUT2D eigenvalue weighted by molar-refractivity contribution is -0.155. The number of nitrogens with zero attached hydrogens (tertiary/aromatic N) is 2. The summed E-state index contributed by atoms with van der Waals surface area (Å²) in [6, 6.07) is 8.16. The number of alkyl halides is 3. The molecule has 0 aliphatic heterocycles. The summed E-state index contributed by atoms with van der Waals surface area (Å²) in [5.74, 6) is -1.72. The van der Waals surface area contributed by atoms with E-state index in [1.54, 1.807) is 30.3 Å². The van der Waals surface area contributed by atoms with Gasteiger partial charge in [0.05, 0.1) is 0 Å². The molecule has 4 nitrogen and oxygen atoms in total. The molecule has 0 fully saturated rings. The first-order chi connectivity index (χ1) is 7.95. The minimum absolute atomic E-state index is 0.325. The van der Waals surface area contributed by atoms with E-state index in [9.17, 15) is 18.0 Å². The molecule has 0 N–H and O–H groups in total. The molecule has 1 aromatic rings. The van der Waals surface area contributed by atoms with Gasteiger partial charge >= 0.3 is 17.9 Å². The van der Waals surface area contributed by atoms with Gasteiger partial charge in [-0.25, -0.2) is 4.79 Å². The molecule has 90 valence electrons. The lowest BCUT2D eigenvalue weighted by Gasteiger charge is -2.03. The van der Waals surface area contributed by atoms with Crippen molar-refractivity contribution in [3.63, 3.8) is 0 Å². The molecule has 0 aromatic heterocycles. The summed E-state index contributed by atoms with van der Waals surface area (Å²) in [6.45, 7) is -0.325. The minimum atomic E-state index is -5.04. The van der Waals surface area contributed by atoms with Crippen molar-refractivity contribution in [2.24, 2.45) is 0 Å². The lowest BCUT2D eigenvalue weighted by Crippen LogP contribution is -2.33. The average molecular weight is 244 g/mol. The second-order valence-corrected chi connectivity index (χ2v) is 3.01. The third-order valence-electron chi connectivity index (χ3n) is 1.77. The highest BCUT2D eigenvalue weighted by Gasteiger charge is 2.51. The fourth-order valence-corrected chi connectivity index (χ4v) is 1.00. The van der Waals surface area contributed by atoms with E-state index in [1.165, 1.54) is 0 Å². The van der Waals surface area contributed by atoms with E-state index in [2.05, 4.69) is 4.74 Å². The van der Waals surface area contributed by atoms with Gasteiger partial charge in [0.2, 0.25) is 0 Å². The van der Waals surface area contributed by atoms with E-state index in [1.807, 2.05) is 4.79 Å². The number of carbonyl (C=O) groups is 1. The predicted molar refractivity (Wildman–Crippen MR) is 50.9 cm³/mol. The number of rotatable bonds is 3. The molecule has 17 heavy (non-hydrogen) atoms. The Morgan fingerprint density at radius 2 is 1.88 bits per heavy atom. The van der Waals surface area contributed by atoms with Gasteiger partial charge in [-0.3, -0.25) is 0 Å². The number of hydrogen-bond donors (Lipinski definition) is 0. The van der Waals surface area contributed by atoms with Crippen LogP contribution in [0.5, 0.6) is 0 Å².